The number of fused-ring (bicyclic) bond motifs is 1. The highest BCUT2D eigenvalue weighted by atomic mass is 19.1. The number of hydrogen-bond acceptors (Lipinski definition) is 4. The first-order valence-electron chi connectivity index (χ1n) is 10.7. The molecular weight excluding hydrogens is 411 g/mol. The molecule has 0 atom stereocenters. The molecule has 2 aromatic carbocycles. The van der Waals surface area contributed by atoms with Crippen LogP contribution in [0.2, 0.25) is 0 Å². The Morgan fingerprint density at radius 2 is 1.88 bits per heavy atom. The molecule has 2 heterocycles. The molecule has 0 bridgehead atoms. The molecular formula is C24H23FN4O3. The van der Waals surface area contributed by atoms with Gasteiger partial charge >= 0.3 is 5.69 Å². The Balaban J connectivity index is 1.79. The lowest BCUT2D eigenvalue weighted by Gasteiger charge is -2.17. The Hall–Kier alpha value is -3.68. The average Bonchev–Trinajstić information content (AvgIpc) is 3.46. The quantitative estimate of drug-likeness (QED) is 0.481. The van der Waals surface area contributed by atoms with Crippen molar-refractivity contribution in [1.82, 2.24) is 18.7 Å². The lowest BCUT2D eigenvalue weighted by Crippen LogP contribution is -2.41. The lowest BCUT2D eigenvalue weighted by atomic mass is 10.2. The molecule has 7 nitrogen and oxygen atoms in total. The van der Waals surface area contributed by atoms with E-state index < -0.39 is 5.69 Å². The van der Waals surface area contributed by atoms with Crippen LogP contribution in [0, 0.1) is 5.82 Å². The summed E-state index contributed by atoms with van der Waals surface area (Å²) in [5.74, 6) is 0.235. The van der Waals surface area contributed by atoms with E-state index in [1.54, 1.807) is 54.1 Å². The summed E-state index contributed by atoms with van der Waals surface area (Å²) in [6.07, 6.45) is 5.00. The first kappa shape index (κ1) is 20.2. The van der Waals surface area contributed by atoms with Crippen molar-refractivity contribution in [3.63, 3.8) is 0 Å². The van der Waals surface area contributed by atoms with Crippen LogP contribution in [-0.2, 0) is 6.54 Å². The molecule has 164 valence electrons. The Bertz CT molecular complexity index is 1410. The molecule has 8 heteroatoms. The number of methoxy groups -OCH3 is 1. The van der Waals surface area contributed by atoms with E-state index in [-0.39, 0.29) is 35.1 Å². The van der Waals surface area contributed by atoms with Crippen molar-refractivity contribution < 1.29 is 9.13 Å². The normalized spacial score (nSPS) is 14.3. The fourth-order valence-electron chi connectivity index (χ4n) is 4.55. The van der Waals surface area contributed by atoms with Gasteiger partial charge in [-0.1, -0.05) is 37.1 Å². The molecule has 0 spiro atoms. The van der Waals surface area contributed by atoms with Crippen LogP contribution in [0.3, 0.4) is 0 Å². The van der Waals surface area contributed by atoms with E-state index >= 15 is 0 Å². The van der Waals surface area contributed by atoms with E-state index in [1.807, 2.05) is 0 Å². The summed E-state index contributed by atoms with van der Waals surface area (Å²) >= 11 is 0. The van der Waals surface area contributed by atoms with Gasteiger partial charge in [-0.25, -0.2) is 18.7 Å². The Morgan fingerprint density at radius 3 is 2.62 bits per heavy atom. The smallest absolute Gasteiger partial charge is 0.337 e. The molecule has 1 aliphatic rings. The Morgan fingerprint density at radius 1 is 1.09 bits per heavy atom. The number of benzene rings is 2. The molecule has 0 radical (unpaired) electrons. The largest absolute Gasteiger partial charge is 0.497 e. The van der Waals surface area contributed by atoms with Crippen LogP contribution in [0.5, 0.6) is 5.75 Å². The molecule has 4 aromatic rings. The van der Waals surface area contributed by atoms with Crippen LogP contribution in [0.1, 0.15) is 37.3 Å². The third-order valence-corrected chi connectivity index (χ3v) is 6.15. The zero-order valence-corrected chi connectivity index (χ0v) is 17.7. The minimum atomic E-state index is -0.418. The molecule has 5 rings (SSSR count). The number of imidazole rings is 1. The van der Waals surface area contributed by atoms with Crippen LogP contribution in [0.25, 0.3) is 16.9 Å². The van der Waals surface area contributed by atoms with Gasteiger partial charge < -0.3 is 9.30 Å². The highest BCUT2D eigenvalue weighted by Gasteiger charge is 2.26. The molecule has 0 aliphatic heterocycles. The molecule has 1 aliphatic carbocycles. The van der Waals surface area contributed by atoms with E-state index in [0.717, 1.165) is 25.7 Å². The highest BCUT2D eigenvalue weighted by molar-refractivity contribution is 5.72. The van der Waals surface area contributed by atoms with Gasteiger partial charge in [0.2, 0.25) is 0 Å². The minimum Gasteiger partial charge on any atom is -0.497 e. The predicted octanol–water partition coefficient (Wildman–Crippen LogP) is 3.66. The van der Waals surface area contributed by atoms with Crippen molar-refractivity contribution in [2.75, 3.05) is 7.11 Å². The van der Waals surface area contributed by atoms with Gasteiger partial charge in [0.1, 0.15) is 11.6 Å². The number of aromatic nitrogens is 4. The van der Waals surface area contributed by atoms with Gasteiger partial charge in [-0.05, 0) is 31.0 Å². The molecule has 0 unspecified atom stereocenters. The van der Waals surface area contributed by atoms with E-state index in [2.05, 4.69) is 4.98 Å². The van der Waals surface area contributed by atoms with Crippen LogP contribution in [0.4, 0.5) is 4.39 Å². The van der Waals surface area contributed by atoms with Gasteiger partial charge in [-0.2, -0.15) is 0 Å². The molecule has 0 saturated heterocycles. The monoisotopic (exact) mass is 434 g/mol. The van der Waals surface area contributed by atoms with Gasteiger partial charge in [-0.3, -0.25) is 9.36 Å². The summed E-state index contributed by atoms with van der Waals surface area (Å²) in [5, 5.41) is 0. The molecule has 1 fully saturated rings. The van der Waals surface area contributed by atoms with Crippen LogP contribution in [0.15, 0.2) is 64.4 Å². The number of ether oxygens (including phenoxy) is 1. The second kappa shape index (κ2) is 8.11. The van der Waals surface area contributed by atoms with Crippen molar-refractivity contribution >= 4 is 11.2 Å². The van der Waals surface area contributed by atoms with Crippen molar-refractivity contribution in [2.24, 2.45) is 0 Å². The topological polar surface area (TPSA) is 71.1 Å². The first-order valence-corrected chi connectivity index (χ1v) is 10.7. The van der Waals surface area contributed by atoms with Gasteiger partial charge in [0, 0.05) is 17.7 Å². The highest BCUT2D eigenvalue weighted by Crippen LogP contribution is 2.28. The minimum absolute atomic E-state index is 0.138. The maximum atomic E-state index is 14.3. The predicted molar refractivity (Wildman–Crippen MR) is 119 cm³/mol. The van der Waals surface area contributed by atoms with Gasteiger partial charge in [0.15, 0.2) is 11.2 Å². The van der Waals surface area contributed by atoms with Crippen molar-refractivity contribution in [1.29, 1.82) is 0 Å². The number of halogens is 1. The second-order valence-electron chi connectivity index (χ2n) is 8.07. The molecule has 2 aromatic heterocycles. The number of hydrogen-bond donors (Lipinski definition) is 0. The van der Waals surface area contributed by atoms with Gasteiger partial charge in [-0.15, -0.1) is 0 Å². The molecule has 0 amide bonds. The van der Waals surface area contributed by atoms with E-state index in [1.165, 1.54) is 21.5 Å². The van der Waals surface area contributed by atoms with Crippen LogP contribution in [-0.4, -0.2) is 25.8 Å². The van der Waals surface area contributed by atoms with Gasteiger partial charge in [0.05, 0.1) is 25.7 Å². The first-order chi connectivity index (χ1) is 15.6. The summed E-state index contributed by atoms with van der Waals surface area (Å²) < 4.78 is 24.1. The van der Waals surface area contributed by atoms with Gasteiger partial charge in [0.25, 0.3) is 5.56 Å². The third-order valence-electron chi connectivity index (χ3n) is 6.15. The number of nitrogens with zero attached hydrogens (tertiary/aromatic N) is 4. The van der Waals surface area contributed by atoms with E-state index in [0.29, 0.717) is 17.0 Å². The fourth-order valence-corrected chi connectivity index (χ4v) is 4.55. The standard InChI is InChI=1S/C24H23FN4O3/c1-32-19-11-6-10-18(13-19)28-22-21(23(30)29(24(28)31)17-8-3-4-9-17)27(15-26-22)14-16-7-2-5-12-20(16)25/h2,5-7,10-13,15,17H,3-4,8-9,14H2,1H3. The second-order valence-corrected chi connectivity index (χ2v) is 8.07. The van der Waals surface area contributed by atoms with Crippen molar-refractivity contribution in [2.45, 2.75) is 38.3 Å². The van der Waals surface area contributed by atoms with Crippen molar-refractivity contribution in [3.05, 3.63) is 87.1 Å². The average molecular weight is 434 g/mol. The third kappa shape index (κ3) is 3.32. The van der Waals surface area contributed by atoms with E-state index in [4.69, 9.17) is 4.74 Å². The molecule has 1 saturated carbocycles. The zero-order chi connectivity index (χ0) is 22.2. The summed E-state index contributed by atoms with van der Waals surface area (Å²) in [6, 6.07) is 13.4. The SMILES string of the molecule is COc1cccc(-n2c(=O)n(C3CCCC3)c(=O)c3c2ncn3Cc2ccccc2F)c1. The maximum Gasteiger partial charge on any atom is 0.337 e. The summed E-state index contributed by atoms with van der Waals surface area (Å²) in [7, 11) is 1.56. The van der Waals surface area contributed by atoms with Crippen LogP contribution >= 0.6 is 0 Å². The fraction of sp³-hybridized carbons (Fsp3) is 0.292. The molecule has 32 heavy (non-hydrogen) atoms. The maximum absolute atomic E-state index is 14.3. The summed E-state index contributed by atoms with van der Waals surface area (Å²) in [6.45, 7) is 0.138. The van der Waals surface area contributed by atoms with Crippen molar-refractivity contribution in [3.8, 4) is 11.4 Å². The van der Waals surface area contributed by atoms with E-state index in [9.17, 15) is 14.0 Å². The summed E-state index contributed by atoms with van der Waals surface area (Å²) in [4.78, 5) is 31.6. The summed E-state index contributed by atoms with van der Waals surface area (Å²) in [5.41, 5.74) is 0.727. The lowest BCUT2D eigenvalue weighted by molar-refractivity contribution is 0.414. The Labute approximate surface area is 183 Å². The van der Waals surface area contributed by atoms with Crippen LogP contribution < -0.4 is 16.0 Å². The zero-order valence-electron chi connectivity index (χ0n) is 17.7. The number of rotatable bonds is 5. The molecule has 0 N–H and O–H groups in total. The Kier molecular flexibility index (Phi) is 5.13.